The molecule has 3 nitrogen and oxygen atoms in total. The van der Waals surface area contributed by atoms with E-state index in [1.165, 1.54) is 0 Å². The lowest BCUT2D eigenvalue weighted by Crippen LogP contribution is -2.09. The van der Waals surface area contributed by atoms with Gasteiger partial charge in [0.25, 0.3) is 0 Å². The Kier molecular flexibility index (Phi) is 2.92. The van der Waals surface area contributed by atoms with Gasteiger partial charge in [0.05, 0.1) is 6.61 Å². The molecule has 1 atom stereocenters. The fraction of sp³-hybridized carbons (Fsp3) is 0.333. The molecule has 1 aliphatic heterocycles. The average Bonchev–Trinajstić information content (AvgIpc) is 2.30. The Labute approximate surface area is 89.2 Å². The first kappa shape index (κ1) is 10.1. The van der Waals surface area contributed by atoms with Crippen LogP contribution in [0.2, 0.25) is 0 Å². The molecule has 1 aliphatic rings. The molecule has 0 radical (unpaired) electrons. The Hall–Kier alpha value is -1.48. The number of allylic oxidation sites excluding steroid dienone is 1. The quantitative estimate of drug-likeness (QED) is 0.726. The number of benzene rings is 1. The molecule has 0 fully saturated rings. The van der Waals surface area contributed by atoms with Gasteiger partial charge in [-0.05, 0) is 36.6 Å². The summed E-state index contributed by atoms with van der Waals surface area (Å²) in [6.45, 7) is 0.692. The lowest BCUT2D eigenvalue weighted by molar-refractivity contribution is 0.0918. The van der Waals surface area contributed by atoms with Crippen molar-refractivity contribution in [2.24, 2.45) is 0 Å². The van der Waals surface area contributed by atoms with Gasteiger partial charge in [0.1, 0.15) is 11.9 Å². The van der Waals surface area contributed by atoms with Gasteiger partial charge >= 0.3 is 0 Å². The van der Waals surface area contributed by atoms with Crippen molar-refractivity contribution in [3.63, 3.8) is 0 Å². The molecule has 0 bridgehead atoms. The van der Waals surface area contributed by atoms with Crippen LogP contribution in [0.5, 0.6) is 0 Å². The minimum absolute atomic E-state index is 0.658. The summed E-state index contributed by atoms with van der Waals surface area (Å²) in [5, 5.41) is 10.0. The average molecular weight is 205 g/mol. The van der Waals surface area contributed by atoms with E-state index in [4.69, 9.17) is 10.5 Å². The highest BCUT2D eigenvalue weighted by atomic mass is 16.5. The molecule has 0 saturated carbocycles. The molecule has 3 N–H and O–H groups in total. The standard InChI is InChI=1S/C12H15NO2/c13-10-6-4-9(5-7-10)12(14)11-3-1-2-8-15-11/h3-7,12,14H,1-2,8,13H2. The Morgan fingerprint density at radius 3 is 2.60 bits per heavy atom. The maximum atomic E-state index is 10.0. The molecular formula is C12H15NO2. The summed E-state index contributed by atoms with van der Waals surface area (Å²) in [6.07, 6.45) is 3.29. The highest BCUT2D eigenvalue weighted by Gasteiger charge is 2.16. The van der Waals surface area contributed by atoms with E-state index >= 15 is 0 Å². The third kappa shape index (κ3) is 2.30. The highest BCUT2D eigenvalue weighted by molar-refractivity contribution is 5.40. The molecule has 0 aromatic heterocycles. The Morgan fingerprint density at radius 2 is 2.00 bits per heavy atom. The lowest BCUT2D eigenvalue weighted by atomic mass is 10.1. The van der Waals surface area contributed by atoms with Crippen LogP contribution >= 0.6 is 0 Å². The fourth-order valence-corrected chi connectivity index (χ4v) is 1.61. The van der Waals surface area contributed by atoms with Crippen LogP contribution in [0, 0.1) is 0 Å². The number of ether oxygens (including phenoxy) is 1. The molecule has 1 aromatic rings. The molecule has 1 aromatic carbocycles. The van der Waals surface area contributed by atoms with E-state index in [1.807, 2.05) is 18.2 Å². The molecule has 15 heavy (non-hydrogen) atoms. The molecule has 0 spiro atoms. The van der Waals surface area contributed by atoms with Gasteiger partial charge in [0, 0.05) is 5.69 Å². The van der Waals surface area contributed by atoms with Gasteiger partial charge in [0.2, 0.25) is 0 Å². The fourth-order valence-electron chi connectivity index (χ4n) is 1.61. The van der Waals surface area contributed by atoms with E-state index in [0.29, 0.717) is 18.1 Å². The largest absolute Gasteiger partial charge is 0.495 e. The zero-order chi connectivity index (χ0) is 10.7. The van der Waals surface area contributed by atoms with Gasteiger partial charge < -0.3 is 15.6 Å². The van der Waals surface area contributed by atoms with Crippen LogP contribution in [0.3, 0.4) is 0 Å². The molecule has 1 heterocycles. The Bertz CT molecular complexity index is 356. The van der Waals surface area contributed by atoms with Crippen molar-refractivity contribution in [3.8, 4) is 0 Å². The van der Waals surface area contributed by atoms with Gasteiger partial charge in [-0.1, -0.05) is 12.1 Å². The normalized spacial score (nSPS) is 17.8. The lowest BCUT2D eigenvalue weighted by Gasteiger charge is -2.20. The smallest absolute Gasteiger partial charge is 0.136 e. The van der Waals surface area contributed by atoms with Gasteiger partial charge in [-0.15, -0.1) is 0 Å². The van der Waals surface area contributed by atoms with E-state index in [0.717, 1.165) is 18.4 Å². The van der Waals surface area contributed by atoms with Gasteiger partial charge in [0.15, 0.2) is 0 Å². The third-order valence-corrected chi connectivity index (χ3v) is 2.48. The zero-order valence-electron chi connectivity index (χ0n) is 8.52. The van der Waals surface area contributed by atoms with Crippen LogP contribution in [0.15, 0.2) is 36.1 Å². The molecule has 3 heteroatoms. The summed E-state index contributed by atoms with van der Waals surface area (Å²) < 4.78 is 5.40. The topological polar surface area (TPSA) is 55.5 Å². The van der Waals surface area contributed by atoms with E-state index in [-0.39, 0.29) is 0 Å². The van der Waals surface area contributed by atoms with Crippen LogP contribution in [0.1, 0.15) is 24.5 Å². The number of nitrogens with two attached hydrogens (primary N) is 1. The Morgan fingerprint density at radius 1 is 1.27 bits per heavy atom. The summed E-state index contributed by atoms with van der Waals surface area (Å²) >= 11 is 0. The number of hydrogen-bond donors (Lipinski definition) is 2. The van der Waals surface area contributed by atoms with Crippen LogP contribution in [-0.2, 0) is 4.74 Å². The van der Waals surface area contributed by atoms with Crippen LogP contribution in [0.25, 0.3) is 0 Å². The molecular weight excluding hydrogens is 190 g/mol. The van der Waals surface area contributed by atoms with Crippen LogP contribution in [-0.4, -0.2) is 11.7 Å². The maximum absolute atomic E-state index is 10.0. The molecule has 1 unspecified atom stereocenters. The van der Waals surface area contributed by atoms with E-state index < -0.39 is 6.10 Å². The number of aliphatic hydroxyl groups excluding tert-OH is 1. The van der Waals surface area contributed by atoms with E-state index in [1.54, 1.807) is 12.1 Å². The number of nitrogen functional groups attached to an aromatic ring is 1. The van der Waals surface area contributed by atoms with Crippen molar-refractivity contribution < 1.29 is 9.84 Å². The summed E-state index contributed by atoms with van der Waals surface area (Å²) in [7, 11) is 0. The number of rotatable bonds is 2. The van der Waals surface area contributed by atoms with E-state index in [9.17, 15) is 5.11 Å². The third-order valence-electron chi connectivity index (χ3n) is 2.48. The van der Waals surface area contributed by atoms with Crippen LogP contribution < -0.4 is 5.73 Å². The van der Waals surface area contributed by atoms with Crippen LogP contribution in [0.4, 0.5) is 5.69 Å². The summed E-state index contributed by atoms with van der Waals surface area (Å²) in [6, 6.07) is 7.20. The van der Waals surface area contributed by atoms with Crippen molar-refractivity contribution in [2.45, 2.75) is 18.9 Å². The first-order valence-electron chi connectivity index (χ1n) is 5.14. The predicted octanol–water partition coefficient (Wildman–Crippen LogP) is 2.00. The van der Waals surface area contributed by atoms with Gasteiger partial charge in [-0.2, -0.15) is 0 Å². The first-order chi connectivity index (χ1) is 7.27. The molecule has 0 amide bonds. The number of hydrogen-bond acceptors (Lipinski definition) is 3. The zero-order valence-corrected chi connectivity index (χ0v) is 8.52. The minimum atomic E-state index is -0.661. The monoisotopic (exact) mass is 205 g/mol. The number of anilines is 1. The SMILES string of the molecule is Nc1ccc(C(O)C2=CCCCO2)cc1. The van der Waals surface area contributed by atoms with Gasteiger partial charge in [-0.25, -0.2) is 0 Å². The highest BCUT2D eigenvalue weighted by Crippen LogP contribution is 2.26. The second-order valence-electron chi connectivity index (χ2n) is 3.67. The van der Waals surface area contributed by atoms with Gasteiger partial charge in [-0.3, -0.25) is 0 Å². The Balaban J connectivity index is 2.16. The molecule has 0 aliphatic carbocycles. The first-order valence-corrected chi connectivity index (χ1v) is 5.14. The maximum Gasteiger partial charge on any atom is 0.136 e. The molecule has 2 rings (SSSR count). The van der Waals surface area contributed by atoms with Crippen molar-refractivity contribution in [3.05, 3.63) is 41.7 Å². The minimum Gasteiger partial charge on any atom is -0.495 e. The summed E-state index contributed by atoms with van der Waals surface area (Å²) in [5.41, 5.74) is 7.09. The second-order valence-corrected chi connectivity index (χ2v) is 3.67. The van der Waals surface area contributed by atoms with Crippen molar-refractivity contribution in [1.29, 1.82) is 0 Å². The molecule has 80 valence electrons. The van der Waals surface area contributed by atoms with Crippen molar-refractivity contribution in [2.75, 3.05) is 12.3 Å². The summed E-state index contributed by atoms with van der Waals surface area (Å²) in [4.78, 5) is 0. The molecule has 0 saturated heterocycles. The van der Waals surface area contributed by atoms with Crippen molar-refractivity contribution >= 4 is 5.69 Å². The predicted molar refractivity (Wildman–Crippen MR) is 59.1 cm³/mol. The van der Waals surface area contributed by atoms with Crippen molar-refractivity contribution in [1.82, 2.24) is 0 Å². The summed E-state index contributed by atoms with van der Waals surface area (Å²) in [5.74, 6) is 0.658. The van der Waals surface area contributed by atoms with E-state index in [2.05, 4.69) is 0 Å². The second kappa shape index (κ2) is 4.36. The number of aliphatic hydroxyl groups is 1.